The van der Waals surface area contributed by atoms with Gasteiger partial charge in [0, 0.05) is 21.1 Å². The minimum Gasteiger partial charge on any atom is -1.00 e. The number of aliphatic carboxylic acids is 1. The van der Waals surface area contributed by atoms with E-state index in [1.807, 2.05) is 0 Å². The summed E-state index contributed by atoms with van der Waals surface area (Å²) in [6.07, 6.45) is 0. The van der Waals surface area contributed by atoms with Crippen LogP contribution in [0, 0.1) is 0 Å². The van der Waals surface area contributed by atoms with E-state index in [-0.39, 0.29) is 37.5 Å². The van der Waals surface area contributed by atoms with Gasteiger partial charge in [-0.15, -0.1) is 0 Å². The normalized spacial score (nSPS) is 8.25. The molecular formula is C6H13N2NaO2S. The third-order valence-corrected chi connectivity index (χ3v) is 1.76. The molecule has 0 aliphatic rings. The maximum Gasteiger partial charge on any atom is 1.00 e. The summed E-state index contributed by atoms with van der Waals surface area (Å²) in [5, 5.41) is 8.92. The first-order valence-electron chi connectivity index (χ1n) is 3.09. The van der Waals surface area contributed by atoms with Gasteiger partial charge in [0.15, 0.2) is 5.11 Å². The molecule has 0 aromatic rings. The monoisotopic (exact) mass is 200 g/mol. The zero-order valence-corrected chi connectivity index (χ0v) is 10.7. The van der Waals surface area contributed by atoms with Crippen molar-refractivity contribution >= 4 is 23.3 Å². The van der Waals surface area contributed by atoms with E-state index in [2.05, 4.69) is 0 Å². The Hall–Kier alpha value is 0.160. The van der Waals surface area contributed by atoms with E-state index in [1.54, 1.807) is 26.0 Å². The van der Waals surface area contributed by atoms with Crippen molar-refractivity contribution in [3.8, 4) is 0 Å². The van der Waals surface area contributed by atoms with Crippen molar-refractivity contribution in [1.29, 1.82) is 0 Å². The van der Waals surface area contributed by atoms with Crippen molar-refractivity contribution < 1.29 is 40.9 Å². The minimum atomic E-state index is -0.878. The molecular weight excluding hydrogens is 187 g/mol. The Labute approximate surface area is 101 Å². The molecule has 0 aliphatic carbocycles. The standard InChI is InChI=1S/C6H12N2O2S.Na.H/c1-7(2)6(11)8(3)4-5(9)10;;/h4H2,1-3H3,(H,9,10);;/q;+1;-1. The molecule has 1 N–H and O–H groups in total. The van der Waals surface area contributed by atoms with Crippen LogP contribution in [0.2, 0.25) is 0 Å². The van der Waals surface area contributed by atoms with Crippen LogP contribution in [-0.4, -0.2) is 53.7 Å². The summed E-state index contributed by atoms with van der Waals surface area (Å²) in [7, 11) is 5.21. The predicted octanol–water partition coefficient (Wildman–Crippen LogP) is -3.03. The van der Waals surface area contributed by atoms with Crippen molar-refractivity contribution in [1.82, 2.24) is 9.80 Å². The average Bonchev–Trinajstić information content (AvgIpc) is 1.84. The van der Waals surface area contributed by atoms with Crippen LogP contribution in [0.3, 0.4) is 0 Å². The topological polar surface area (TPSA) is 43.8 Å². The Kier molecular flexibility index (Phi) is 8.13. The largest absolute Gasteiger partial charge is 1.00 e. The summed E-state index contributed by atoms with van der Waals surface area (Å²) >= 11 is 4.91. The smallest absolute Gasteiger partial charge is 1.00 e. The number of carboxylic acids is 1. The number of thiocarbonyl (C=S) groups is 1. The first-order chi connectivity index (χ1) is 4.95. The van der Waals surface area contributed by atoms with E-state index < -0.39 is 5.97 Å². The van der Waals surface area contributed by atoms with Crippen LogP contribution in [0.5, 0.6) is 0 Å². The SMILES string of the molecule is CN(C)C(=S)N(C)CC(=O)O.[H-].[Na+]. The Morgan fingerprint density at radius 3 is 2.17 bits per heavy atom. The molecule has 0 rings (SSSR count). The number of hydrogen-bond donors (Lipinski definition) is 1. The Morgan fingerprint density at radius 2 is 1.92 bits per heavy atom. The van der Waals surface area contributed by atoms with Crippen LogP contribution in [0.1, 0.15) is 1.43 Å². The van der Waals surface area contributed by atoms with Gasteiger partial charge in [-0.25, -0.2) is 0 Å². The molecule has 6 heteroatoms. The molecule has 0 fully saturated rings. The van der Waals surface area contributed by atoms with E-state index in [0.717, 1.165) is 0 Å². The van der Waals surface area contributed by atoms with Crippen molar-refractivity contribution in [2.45, 2.75) is 0 Å². The van der Waals surface area contributed by atoms with Crippen LogP contribution < -0.4 is 29.6 Å². The summed E-state index contributed by atoms with van der Waals surface area (Å²) in [6.45, 7) is -0.0585. The van der Waals surface area contributed by atoms with E-state index in [4.69, 9.17) is 17.3 Å². The minimum absolute atomic E-state index is 0. The zero-order valence-electron chi connectivity index (χ0n) is 8.87. The fourth-order valence-corrected chi connectivity index (χ4v) is 0.676. The Balaban J connectivity index is -0.000000500. The van der Waals surface area contributed by atoms with Gasteiger partial charge < -0.3 is 16.3 Å². The molecule has 0 bridgehead atoms. The Morgan fingerprint density at radius 1 is 1.50 bits per heavy atom. The fourth-order valence-electron chi connectivity index (χ4n) is 0.612. The van der Waals surface area contributed by atoms with Crippen LogP contribution in [0.25, 0.3) is 0 Å². The van der Waals surface area contributed by atoms with Gasteiger partial charge in [0.05, 0.1) is 0 Å². The van der Waals surface area contributed by atoms with E-state index in [0.29, 0.717) is 5.11 Å². The molecule has 0 heterocycles. The molecule has 0 amide bonds. The number of nitrogens with zero attached hydrogens (tertiary/aromatic N) is 2. The number of hydrogen-bond acceptors (Lipinski definition) is 2. The molecule has 0 atom stereocenters. The van der Waals surface area contributed by atoms with Gasteiger partial charge >= 0.3 is 35.5 Å². The summed E-state index contributed by atoms with van der Waals surface area (Å²) in [5.74, 6) is -0.878. The van der Waals surface area contributed by atoms with Gasteiger partial charge in [-0.3, -0.25) is 4.79 Å². The molecule has 0 unspecified atom stereocenters. The molecule has 0 aromatic heterocycles. The molecule has 0 saturated carbocycles. The summed E-state index contributed by atoms with van der Waals surface area (Å²) in [4.78, 5) is 13.4. The van der Waals surface area contributed by atoms with Crippen LogP contribution in [-0.2, 0) is 4.79 Å². The average molecular weight is 200 g/mol. The van der Waals surface area contributed by atoms with Crippen LogP contribution in [0.4, 0.5) is 0 Å². The zero-order chi connectivity index (χ0) is 9.02. The van der Waals surface area contributed by atoms with Gasteiger partial charge in [0.2, 0.25) is 0 Å². The molecule has 66 valence electrons. The summed E-state index contributed by atoms with van der Waals surface area (Å²) in [6, 6.07) is 0. The van der Waals surface area contributed by atoms with Gasteiger partial charge in [-0.1, -0.05) is 0 Å². The second-order valence-electron chi connectivity index (χ2n) is 2.43. The van der Waals surface area contributed by atoms with Crippen molar-refractivity contribution in [3.05, 3.63) is 0 Å². The maximum absolute atomic E-state index is 10.2. The molecule has 0 saturated heterocycles. The summed E-state index contributed by atoms with van der Waals surface area (Å²) in [5.41, 5.74) is 0. The van der Waals surface area contributed by atoms with Crippen molar-refractivity contribution in [2.24, 2.45) is 0 Å². The molecule has 4 nitrogen and oxygen atoms in total. The first kappa shape index (κ1) is 14.7. The molecule has 12 heavy (non-hydrogen) atoms. The van der Waals surface area contributed by atoms with Gasteiger partial charge in [-0.05, 0) is 12.2 Å². The van der Waals surface area contributed by atoms with Crippen molar-refractivity contribution in [3.63, 3.8) is 0 Å². The molecule has 0 aliphatic heterocycles. The first-order valence-corrected chi connectivity index (χ1v) is 3.50. The van der Waals surface area contributed by atoms with E-state index >= 15 is 0 Å². The quantitative estimate of drug-likeness (QED) is 0.379. The number of rotatable bonds is 2. The van der Waals surface area contributed by atoms with Gasteiger partial charge in [0.25, 0.3) is 0 Å². The third kappa shape index (κ3) is 5.77. The van der Waals surface area contributed by atoms with Gasteiger partial charge in [0.1, 0.15) is 6.54 Å². The number of likely N-dealkylation sites (N-methyl/N-ethyl adjacent to an activating group) is 1. The molecule has 0 spiro atoms. The second-order valence-corrected chi connectivity index (χ2v) is 2.79. The number of carbonyl (C=O) groups is 1. The summed E-state index contributed by atoms with van der Waals surface area (Å²) < 4.78 is 0. The van der Waals surface area contributed by atoms with E-state index in [1.165, 1.54) is 4.90 Å². The molecule has 0 aromatic carbocycles. The fraction of sp³-hybridized carbons (Fsp3) is 0.667. The third-order valence-electron chi connectivity index (χ3n) is 1.08. The van der Waals surface area contributed by atoms with Gasteiger partial charge in [-0.2, -0.15) is 0 Å². The predicted molar refractivity (Wildman–Crippen MR) is 47.7 cm³/mol. The Bertz CT molecular complexity index is 180. The molecule has 0 radical (unpaired) electrons. The van der Waals surface area contributed by atoms with E-state index in [9.17, 15) is 4.79 Å². The maximum atomic E-state index is 10.2. The number of carboxylic acid groups (broad SMARTS) is 1. The van der Waals surface area contributed by atoms with Crippen molar-refractivity contribution in [2.75, 3.05) is 27.7 Å². The van der Waals surface area contributed by atoms with Crippen LogP contribution >= 0.6 is 12.2 Å². The van der Waals surface area contributed by atoms with Crippen LogP contribution in [0.15, 0.2) is 0 Å². The second kappa shape index (κ2) is 6.65.